The van der Waals surface area contributed by atoms with E-state index < -0.39 is 11.4 Å². The van der Waals surface area contributed by atoms with E-state index in [1.807, 2.05) is 18.2 Å². The standard InChI is InChI=1S/C25H26FN5O2/c1-15-22(24(32)30-11-10-19(28)14-30)29-23(16-4-5-17(13-27)21(26)12-16)31(15)20-8-6-18(7-9-20)25(2,3)33/h4-9,12,19,33H,10-11,14,28H2,1-3H3/t19-/m1/s1. The van der Waals surface area contributed by atoms with Crippen LogP contribution in [0, 0.1) is 24.1 Å². The molecule has 1 amide bonds. The minimum Gasteiger partial charge on any atom is -0.386 e. The van der Waals surface area contributed by atoms with Crippen LogP contribution in [0.25, 0.3) is 17.1 Å². The van der Waals surface area contributed by atoms with E-state index in [1.54, 1.807) is 48.4 Å². The summed E-state index contributed by atoms with van der Waals surface area (Å²) in [6, 6.07) is 13.3. The summed E-state index contributed by atoms with van der Waals surface area (Å²) in [6.07, 6.45) is 0.734. The first-order valence-corrected chi connectivity index (χ1v) is 10.8. The summed E-state index contributed by atoms with van der Waals surface area (Å²) in [4.78, 5) is 19.5. The number of amides is 1. The number of carbonyl (C=O) groups is 1. The zero-order chi connectivity index (χ0) is 23.9. The SMILES string of the molecule is Cc1c(C(=O)N2CC[C@@H](N)C2)nc(-c2ccc(C#N)c(F)c2)n1-c1ccc(C(C)(C)O)cc1. The van der Waals surface area contributed by atoms with Gasteiger partial charge >= 0.3 is 0 Å². The van der Waals surface area contributed by atoms with Crippen molar-refractivity contribution in [2.75, 3.05) is 13.1 Å². The van der Waals surface area contributed by atoms with Gasteiger partial charge in [0, 0.05) is 30.4 Å². The number of hydrogen-bond donors (Lipinski definition) is 2. The molecule has 4 rings (SSSR count). The van der Waals surface area contributed by atoms with Crippen LogP contribution >= 0.6 is 0 Å². The molecule has 2 aromatic carbocycles. The number of halogens is 1. The summed E-state index contributed by atoms with van der Waals surface area (Å²) in [7, 11) is 0. The maximum Gasteiger partial charge on any atom is 0.274 e. The number of aliphatic hydroxyl groups is 1. The van der Waals surface area contributed by atoms with Crippen molar-refractivity contribution in [2.45, 2.75) is 38.8 Å². The molecule has 0 aliphatic carbocycles. The Morgan fingerprint density at radius 1 is 1.27 bits per heavy atom. The second-order valence-electron chi connectivity index (χ2n) is 8.92. The lowest BCUT2D eigenvalue weighted by molar-refractivity contribution is 0.0779. The smallest absolute Gasteiger partial charge is 0.274 e. The molecule has 1 aromatic heterocycles. The molecule has 0 bridgehead atoms. The Balaban J connectivity index is 1.86. The van der Waals surface area contributed by atoms with Gasteiger partial charge < -0.3 is 15.7 Å². The van der Waals surface area contributed by atoms with Crippen molar-refractivity contribution in [3.8, 4) is 23.1 Å². The molecule has 33 heavy (non-hydrogen) atoms. The van der Waals surface area contributed by atoms with E-state index in [2.05, 4.69) is 4.98 Å². The maximum absolute atomic E-state index is 14.4. The number of likely N-dealkylation sites (tertiary alicyclic amines) is 1. The number of benzene rings is 2. The fourth-order valence-corrected chi connectivity index (χ4v) is 4.10. The van der Waals surface area contributed by atoms with Crippen LogP contribution in [0.5, 0.6) is 0 Å². The number of aromatic nitrogens is 2. The summed E-state index contributed by atoms with van der Waals surface area (Å²) in [6.45, 7) is 6.23. The third kappa shape index (κ3) is 4.25. The molecule has 0 radical (unpaired) electrons. The molecular weight excluding hydrogens is 421 g/mol. The minimum atomic E-state index is -1.00. The number of nitrogens with zero attached hydrogens (tertiary/aromatic N) is 4. The Hall–Kier alpha value is -3.54. The van der Waals surface area contributed by atoms with Crippen molar-refractivity contribution in [3.63, 3.8) is 0 Å². The predicted molar refractivity (Wildman–Crippen MR) is 122 cm³/mol. The Morgan fingerprint density at radius 2 is 1.97 bits per heavy atom. The van der Waals surface area contributed by atoms with E-state index in [9.17, 15) is 14.3 Å². The van der Waals surface area contributed by atoms with Crippen molar-refractivity contribution in [3.05, 3.63) is 70.8 Å². The van der Waals surface area contributed by atoms with E-state index in [0.717, 1.165) is 12.0 Å². The molecule has 1 fully saturated rings. The van der Waals surface area contributed by atoms with Crippen molar-refractivity contribution in [1.82, 2.24) is 14.5 Å². The highest BCUT2D eigenvalue weighted by atomic mass is 19.1. The number of carbonyl (C=O) groups excluding carboxylic acids is 1. The molecule has 3 N–H and O–H groups in total. The van der Waals surface area contributed by atoms with Crippen LogP contribution in [0.15, 0.2) is 42.5 Å². The third-order valence-corrected chi connectivity index (χ3v) is 6.00. The molecule has 170 valence electrons. The molecule has 1 aliphatic rings. The van der Waals surface area contributed by atoms with Gasteiger partial charge in [-0.3, -0.25) is 9.36 Å². The van der Waals surface area contributed by atoms with E-state index >= 15 is 0 Å². The fraction of sp³-hybridized carbons (Fsp3) is 0.320. The van der Waals surface area contributed by atoms with Gasteiger partial charge in [0.2, 0.25) is 0 Å². The van der Waals surface area contributed by atoms with Crippen LogP contribution in [0.4, 0.5) is 4.39 Å². The predicted octanol–water partition coefficient (Wildman–Crippen LogP) is 3.26. The normalized spacial score (nSPS) is 16.2. The highest BCUT2D eigenvalue weighted by Crippen LogP contribution is 2.30. The van der Waals surface area contributed by atoms with Crippen molar-refractivity contribution >= 4 is 5.91 Å². The maximum atomic E-state index is 14.4. The average molecular weight is 448 g/mol. The van der Waals surface area contributed by atoms with Gasteiger partial charge in [0.15, 0.2) is 0 Å². The quantitative estimate of drug-likeness (QED) is 0.638. The minimum absolute atomic E-state index is 0.0576. The highest BCUT2D eigenvalue weighted by Gasteiger charge is 2.30. The summed E-state index contributed by atoms with van der Waals surface area (Å²) in [5.74, 6) is -0.487. The van der Waals surface area contributed by atoms with Gasteiger partial charge in [-0.25, -0.2) is 9.37 Å². The lowest BCUT2D eigenvalue weighted by Gasteiger charge is -2.19. The van der Waals surface area contributed by atoms with Crippen LogP contribution in [0.2, 0.25) is 0 Å². The highest BCUT2D eigenvalue weighted by molar-refractivity contribution is 5.94. The number of nitriles is 1. The monoisotopic (exact) mass is 447 g/mol. The average Bonchev–Trinajstić information content (AvgIpc) is 3.36. The van der Waals surface area contributed by atoms with Crippen LogP contribution in [0.1, 0.15) is 47.6 Å². The second-order valence-corrected chi connectivity index (χ2v) is 8.92. The third-order valence-electron chi connectivity index (χ3n) is 6.00. The van der Waals surface area contributed by atoms with Crippen molar-refractivity contribution in [2.24, 2.45) is 5.73 Å². The lowest BCUT2D eigenvalue weighted by Crippen LogP contribution is -2.32. The first-order valence-electron chi connectivity index (χ1n) is 10.8. The summed E-state index contributed by atoms with van der Waals surface area (Å²) < 4.78 is 16.2. The first kappa shape index (κ1) is 22.6. The molecule has 1 aliphatic heterocycles. The van der Waals surface area contributed by atoms with Gasteiger partial charge in [0.05, 0.1) is 16.9 Å². The van der Waals surface area contributed by atoms with Crippen LogP contribution < -0.4 is 5.73 Å². The second kappa shape index (κ2) is 8.43. The summed E-state index contributed by atoms with van der Waals surface area (Å²) >= 11 is 0. The van der Waals surface area contributed by atoms with E-state index in [1.165, 1.54) is 12.1 Å². The molecule has 1 atom stereocenters. The van der Waals surface area contributed by atoms with E-state index in [0.29, 0.717) is 35.9 Å². The molecule has 0 spiro atoms. The molecule has 7 nitrogen and oxygen atoms in total. The zero-order valence-electron chi connectivity index (χ0n) is 18.8. The van der Waals surface area contributed by atoms with Gasteiger partial charge in [-0.15, -0.1) is 0 Å². The summed E-state index contributed by atoms with van der Waals surface area (Å²) in [5, 5.41) is 19.4. The fourth-order valence-electron chi connectivity index (χ4n) is 4.10. The number of hydrogen-bond acceptors (Lipinski definition) is 5. The topological polar surface area (TPSA) is 108 Å². The van der Waals surface area contributed by atoms with Gasteiger partial charge in [-0.05, 0) is 63.1 Å². The largest absolute Gasteiger partial charge is 0.386 e. The van der Waals surface area contributed by atoms with E-state index in [-0.39, 0.29) is 23.2 Å². The van der Waals surface area contributed by atoms with Crippen molar-refractivity contribution < 1.29 is 14.3 Å². The Labute approximate surface area is 191 Å². The van der Waals surface area contributed by atoms with E-state index in [4.69, 9.17) is 11.0 Å². The molecule has 1 saturated heterocycles. The molecule has 0 unspecified atom stereocenters. The number of nitrogens with two attached hydrogens (primary N) is 1. The Bertz CT molecular complexity index is 1250. The van der Waals surface area contributed by atoms with Gasteiger partial charge in [-0.2, -0.15) is 5.26 Å². The molecule has 0 saturated carbocycles. The van der Waals surface area contributed by atoms with Crippen LogP contribution in [-0.2, 0) is 5.60 Å². The van der Waals surface area contributed by atoms with Crippen LogP contribution in [0.3, 0.4) is 0 Å². The first-order chi connectivity index (χ1) is 15.6. The molecule has 3 aromatic rings. The van der Waals surface area contributed by atoms with Crippen molar-refractivity contribution in [1.29, 1.82) is 5.26 Å². The van der Waals surface area contributed by atoms with Gasteiger partial charge in [-0.1, -0.05) is 12.1 Å². The Morgan fingerprint density at radius 3 is 2.52 bits per heavy atom. The van der Waals surface area contributed by atoms with Gasteiger partial charge in [0.1, 0.15) is 23.4 Å². The van der Waals surface area contributed by atoms with Crippen LogP contribution in [-0.4, -0.2) is 44.6 Å². The zero-order valence-corrected chi connectivity index (χ0v) is 18.8. The molecule has 8 heteroatoms. The molecular formula is C25H26FN5O2. The molecule has 2 heterocycles. The number of imidazole rings is 1. The summed E-state index contributed by atoms with van der Waals surface area (Å²) in [5.41, 5.74) is 7.69. The number of rotatable bonds is 4. The van der Waals surface area contributed by atoms with Gasteiger partial charge in [0.25, 0.3) is 5.91 Å². The Kier molecular flexibility index (Phi) is 5.78. The lowest BCUT2D eigenvalue weighted by atomic mass is 9.98.